The molecule has 2 rings (SSSR count). The highest BCUT2D eigenvalue weighted by molar-refractivity contribution is 8.00. The van der Waals surface area contributed by atoms with Gasteiger partial charge in [0.05, 0.1) is 0 Å². The standard InChI is InChI=1S/C13H17F2NS/c14-10-5-6-11(15)13(7-10)17-12-4-2-1-3-9(12)8-16/h5-7,9,12H,1-4,8,16H2. The Morgan fingerprint density at radius 2 is 2.00 bits per heavy atom. The normalized spacial score (nSPS) is 24.9. The molecule has 0 spiro atoms. The number of hydrogen-bond acceptors (Lipinski definition) is 2. The fourth-order valence-electron chi connectivity index (χ4n) is 2.33. The summed E-state index contributed by atoms with van der Waals surface area (Å²) in [5.74, 6) is -0.289. The van der Waals surface area contributed by atoms with Crippen molar-refractivity contribution in [3.8, 4) is 0 Å². The van der Waals surface area contributed by atoms with Gasteiger partial charge in [-0.2, -0.15) is 0 Å². The van der Waals surface area contributed by atoms with Crippen LogP contribution in [0.25, 0.3) is 0 Å². The number of hydrogen-bond donors (Lipinski definition) is 1. The average molecular weight is 257 g/mol. The van der Waals surface area contributed by atoms with Crippen molar-refractivity contribution in [3.05, 3.63) is 29.8 Å². The summed E-state index contributed by atoms with van der Waals surface area (Å²) in [5.41, 5.74) is 5.73. The van der Waals surface area contributed by atoms with E-state index in [1.54, 1.807) is 0 Å². The van der Waals surface area contributed by atoms with Gasteiger partial charge in [-0.05, 0) is 43.5 Å². The Bertz CT molecular complexity index is 384. The van der Waals surface area contributed by atoms with E-state index < -0.39 is 0 Å². The van der Waals surface area contributed by atoms with Crippen molar-refractivity contribution in [1.29, 1.82) is 0 Å². The predicted molar refractivity (Wildman–Crippen MR) is 67.0 cm³/mol. The first-order chi connectivity index (χ1) is 8.20. The lowest BCUT2D eigenvalue weighted by atomic mass is 9.89. The Morgan fingerprint density at radius 1 is 1.24 bits per heavy atom. The minimum absolute atomic E-state index is 0.324. The summed E-state index contributed by atoms with van der Waals surface area (Å²) in [6.07, 6.45) is 4.50. The molecule has 94 valence electrons. The first kappa shape index (κ1) is 12.8. The van der Waals surface area contributed by atoms with E-state index in [-0.39, 0.29) is 11.6 Å². The summed E-state index contributed by atoms with van der Waals surface area (Å²) in [5, 5.41) is 0.324. The summed E-state index contributed by atoms with van der Waals surface area (Å²) >= 11 is 1.44. The summed E-state index contributed by atoms with van der Waals surface area (Å²) in [6.45, 7) is 0.634. The first-order valence-corrected chi connectivity index (χ1v) is 6.90. The van der Waals surface area contributed by atoms with Crippen molar-refractivity contribution in [3.63, 3.8) is 0 Å². The number of nitrogens with two attached hydrogens (primary N) is 1. The number of halogens is 2. The highest BCUT2D eigenvalue weighted by Crippen LogP contribution is 2.38. The molecule has 1 fully saturated rings. The summed E-state index contributed by atoms with van der Waals surface area (Å²) < 4.78 is 26.6. The second-order valence-electron chi connectivity index (χ2n) is 4.51. The van der Waals surface area contributed by atoms with Crippen molar-refractivity contribution in [2.45, 2.75) is 35.8 Å². The van der Waals surface area contributed by atoms with Crippen LogP contribution in [0.4, 0.5) is 8.78 Å². The first-order valence-electron chi connectivity index (χ1n) is 6.02. The van der Waals surface area contributed by atoms with Crippen LogP contribution in [-0.2, 0) is 0 Å². The van der Waals surface area contributed by atoms with Crippen molar-refractivity contribution in [2.24, 2.45) is 11.7 Å². The zero-order valence-corrected chi connectivity index (χ0v) is 10.5. The third-order valence-corrected chi connectivity index (χ3v) is 4.80. The fourth-order valence-corrected chi connectivity index (χ4v) is 3.74. The molecule has 1 aromatic carbocycles. The van der Waals surface area contributed by atoms with Crippen molar-refractivity contribution in [1.82, 2.24) is 0 Å². The molecule has 0 saturated heterocycles. The molecule has 0 aromatic heterocycles. The van der Waals surface area contributed by atoms with E-state index in [0.29, 0.717) is 22.6 Å². The van der Waals surface area contributed by atoms with Gasteiger partial charge in [0.2, 0.25) is 0 Å². The lowest BCUT2D eigenvalue weighted by molar-refractivity contribution is 0.378. The smallest absolute Gasteiger partial charge is 0.136 e. The molecule has 0 aliphatic heterocycles. The molecule has 1 saturated carbocycles. The largest absolute Gasteiger partial charge is 0.330 e. The van der Waals surface area contributed by atoms with E-state index in [1.807, 2.05) is 0 Å². The van der Waals surface area contributed by atoms with Crippen LogP contribution in [0.15, 0.2) is 23.1 Å². The van der Waals surface area contributed by atoms with Crippen LogP contribution < -0.4 is 5.73 Å². The number of thioether (sulfide) groups is 1. The van der Waals surface area contributed by atoms with E-state index in [4.69, 9.17) is 5.73 Å². The minimum atomic E-state index is -0.381. The SMILES string of the molecule is NCC1CCCCC1Sc1cc(F)ccc1F. The van der Waals surface area contributed by atoms with Crippen molar-refractivity contribution >= 4 is 11.8 Å². The Kier molecular flexibility index (Phi) is 4.40. The highest BCUT2D eigenvalue weighted by atomic mass is 32.2. The maximum Gasteiger partial charge on any atom is 0.136 e. The molecule has 2 N–H and O–H groups in total. The monoisotopic (exact) mass is 257 g/mol. The summed E-state index contributed by atoms with van der Waals surface area (Å²) in [4.78, 5) is 0.412. The van der Waals surface area contributed by atoms with Gasteiger partial charge in [0, 0.05) is 10.1 Å². The van der Waals surface area contributed by atoms with E-state index in [1.165, 1.54) is 30.3 Å². The van der Waals surface area contributed by atoms with Gasteiger partial charge in [0.1, 0.15) is 11.6 Å². The molecule has 1 aliphatic rings. The van der Waals surface area contributed by atoms with Gasteiger partial charge in [-0.15, -0.1) is 11.8 Å². The summed E-state index contributed by atoms with van der Waals surface area (Å²) in [6, 6.07) is 3.63. The predicted octanol–water partition coefficient (Wildman–Crippen LogP) is 3.57. The lowest BCUT2D eigenvalue weighted by Crippen LogP contribution is -2.28. The van der Waals surface area contributed by atoms with Crippen LogP contribution in [-0.4, -0.2) is 11.8 Å². The second-order valence-corrected chi connectivity index (χ2v) is 5.79. The van der Waals surface area contributed by atoms with Gasteiger partial charge >= 0.3 is 0 Å². The fraction of sp³-hybridized carbons (Fsp3) is 0.538. The lowest BCUT2D eigenvalue weighted by Gasteiger charge is -2.30. The Hall–Kier alpha value is -0.610. The van der Waals surface area contributed by atoms with Crippen LogP contribution in [0.2, 0.25) is 0 Å². The van der Waals surface area contributed by atoms with Gasteiger partial charge in [0.25, 0.3) is 0 Å². The molecule has 2 atom stereocenters. The summed E-state index contributed by atoms with van der Waals surface area (Å²) in [7, 11) is 0. The topological polar surface area (TPSA) is 26.0 Å². The number of benzene rings is 1. The van der Waals surface area contributed by atoms with Gasteiger partial charge in [-0.1, -0.05) is 12.8 Å². The Balaban J connectivity index is 2.10. The maximum absolute atomic E-state index is 13.5. The molecule has 4 heteroatoms. The molecule has 1 nitrogen and oxygen atoms in total. The van der Waals surface area contributed by atoms with Crippen molar-refractivity contribution in [2.75, 3.05) is 6.54 Å². The van der Waals surface area contributed by atoms with E-state index in [9.17, 15) is 8.78 Å². The third-order valence-electron chi connectivity index (χ3n) is 3.31. The molecule has 2 unspecified atom stereocenters. The molecule has 0 amide bonds. The Morgan fingerprint density at radius 3 is 2.76 bits per heavy atom. The van der Waals surface area contributed by atoms with Crippen LogP contribution in [0.3, 0.4) is 0 Å². The number of rotatable bonds is 3. The molecule has 1 aromatic rings. The van der Waals surface area contributed by atoms with Crippen molar-refractivity contribution < 1.29 is 8.78 Å². The molecule has 0 bridgehead atoms. The van der Waals surface area contributed by atoms with E-state index in [2.05, 4.69) is 0 Å². The average Bonchev–Trinajstić information content (AvgIpc) is 2.34. The molecule has 1 aliphatic carbocycles. The van der Waals surface area contributed by atoms with Gasteiger partial charge in [0.15, 0.2) is 0 Å². The highest BCUT2D eigenvalue weighted by Gasteiger charge is 2.25. The molecule has 0 heterocycles. The van der Waals surface area contributed by atoms with E-state index >= 15 is 0 Å². The molecular formula is C13H17F2NS. The quantitative estimate of drug-likeness (QED) is 0.895. The Labute approximate surface area is 105 Å². The maximum atomic E-state index is 13.5. The van der Waals surface area contributed by atoms with Crippen LogP contribution in [0, 0.1) is 17.6 Å². The molecular weight excluding hydrogens is 240 g/mol. The minimum Gasteiger partial charge on any atom is -0.330 e. The van der Waals surface area contributed by atoms with Crippen LogP contribution in [0.5, 0.6) is 0 Å². The van der Waals surface area contributed by atoms with E-state index in [0.717, 1.165) is 25.3 Å². The van der Waals surface area contributed by atoms with Crippen LogP contribution in [0.1, 0.15) is 25.7 Å². The van der Waals surface area contributed by atoms with Gasteiger partial charge in [-0.3, -0.25) is 0 Å². The molecule has 0 radical (unpaired) electrons. The molecule has 17 heavy (non-hydrogen) atoms. The zero-order valence-electron chi connectivity index (χ0n) is 9.66. The second kappa shape index (κ2) is 5.83. The van der Waals surface area contributed by atoms with Gasteiger partial charge in [-0.25, -0.2) is 8.78 Å². The zero-order chi connectivity index (χ0) is 12.3. The van der Waals surface area contributed by atoms with Crippen LogP contribution >= 0.6 is 11.8 Å². The van der Waals surface area contributed by atoms with Gasteiger partial charge < -0.3 is 5.73 Å². The third kappa shape index (κ3) is 3.19.